The highest BCUT2D eigenvalue weighted by molar-refractivity contribution is 7.18. The number of rotatable bonds is 5. The third kappa shape index (κ3) is 3.63. The fourth-order valence-corrected chi connectivity index (χ4v) is 5.30. The highest BCUT2D eigenvalue weighted by Crippen LogP contribution is 2.40. The number of nitrogen functional groups attached to an aromatic ring is 1. The van der Waals surface area contributed by atoms with Gasteiger partial charge >= 0.3 is 0 Å². The van der Waals surface area contributed by atoms with Gasteiger partial charge in [0.25, 0.3) is 0 Å². The summed E-state index contributed by atoms with van der Waals surface area (Å²) in [7, 11) is 0. The second-order valence-electron chi connectivity index (χ2n) is 8.33. The maximum absolute atomic E-state index is 6.26. The van der Waals surface area contributed by atoms with Crippen molar-refractivity contribution in [1.82, 2.24) is 25.1 Å². The van der Waals surface area contributed by atoms with Crippen LogP contribution in [0.2, 0.25) is 0 Å². The van der Waals surface area contributed by atoms with Gasteiger partial charge in [0.1, 0.15) is 17.4 Å². The largest absolute Gasteiger partial charge is 0.476 e. The number of furan rings is 1. The molecule has 3 N–H and O–H groups in total. The average molecular weight is 461 g/mol. The number of aromatic nitrogens is 4. The zero-order valence-corrected chi connectivity index (χ0v) is 19.0. The lowest BCUT2D eigenvalue weighted by molar-refractivity contribution is 0.227. The first-order valence-corrected chi connectivity index (χ1v) is 11.9. The molecule has 5 aromatic rings. The molecule has 0 amide bonds. The molecule has 0 aliphatic carbocycles. The highest BCUT2D eigenvalue weighted by Gasteiger charge is 2.22. The number of nitrogens with two attached hydrogens (primary N) is 1. The number of ether oxygens (including phenoxy) is 1. The zero-order chi connectivity index (χ0) is 22.4. The molecule has 0 saturated carbocycles. The van der Waals surface area contributed by atoms with Gasteiger partial charge in [-0.15, -0.1) is 11.3 Å². The van der Waals surface area contributed by atoms with Crippen molar-refractivity contribution in [2.45, 2.75) is 31.9 Å². The Balaban J connectivity index is 1.32. The molecule has 168 valence electrons. The molecular weight excluding hydrogens is 436 g/mol. The molecule has 1 aromatic carbocycles. The quantitative estimate of drug-likeness (QED) is 0.382. The summed E-state index contributed by atoms with van der Waals surface area (Å²) in [6.45, 7) is 4.00. The zero-order valence-electron chi connectivity index (χ0n) is 18.2. The maximum atomic E-state index is 6.26. The molecule has 1 aliphatic rings. The summed E-state index contributed by atoms with van der Waals surface area (Å²) in [6, 6.07) is 8.47. The van der Waals surface area contributed by atoms with Crippen LogP contribution in [0, 0.1) is 0 Å². The van der Waals surface area contributed by atoms with Gasteiger partial charge in [0.05, 0.1) is 27.8 Å². The van der Waals surface area contributed by atoms with Crippen molar-refractivity contribution in [1.29, 1.82) is 0 Å². The molecular formula is C24H24N6O2S. The summed E-state index contributed by atoms with van der Waals surface area (Å²) >= 11 is 1.61. The van der Waals surface area contributed by atoms with Crippen molar-refractivity contribution in [2.75, 3.05) is 18.8 Å². The first kappa shape index (κ1) is 20.2. The summed E-state index contributed by atoms with van der Waals surface area (Å²) in [5, 5.41) is 9.74. The van der Waals surface area contributed by atoms with E-state index in [-0.39, 0.29) is 6.10 Å². The Hall–Kier alpha value is -3.43. The summed E-state index contributed by atoms with van der Waals surface area (Å²) in [4.78, 5) is 9.10. The first-order chi connectivity index (χ1) is 16.2. The number of benzene rings is 1. The summed E-state index contributed by atoms with van der Waals surface area (Å²) in [5.74, 6) is 0.734. The van der Waals surface area contributed by atoms with Crippen molar-refractivity contribution in [3.8, 4) is 16.9 Å². The van der Waals surface area contributed by atoms with E-state index in [1.54, 1.807) is 23.8 Å². The molecule has 1 atom stereocenters. The molecule has 1 saturated heterocycles. The van der Waals surface area contributed by atoms with E-state index in [9.17, 15) is 0 Å². The van der Waals surface area contributed by atoms with Crippen LogP contribution >= 0.6 is 11.3 Å². The number of para-hydroxylation sites is 1. The monoisotopic (exact) mass is 460 g/mol. The molecule has 1 aliphatic heterocycles. The Bertz CT molecular complexity index is 1400. The summed E-state index contributed by atoms with van der Waals surface area (Å²) in [5.41, 5.74) is 9.66. The minimum Gasteiger partial charge on any atom is -0.476 e. The predicted molar refractivity (Wildman–Crippen MR) is 129 cm³/mol. The number of fused-ring (bicyclic) bond motifs is 2. The van der Waals surface area contributed by atoms with E-state index in [1.807, 2.05) is 31.3 Å². The van der Waals surface area contributed by atoms with Gasteiger partial charge in [-0.25, -0.2) is 9.97 Å². The van der Waals surface area contributed by atoms with E-state index in [0.717, 1.165) is 57.7 Å². The number of anilines is 1. The first-order valence-electron chi connectivity index (χ1n) is 11.1. The third-order valence-corrected chi connectivity index (χ3v) is 7.35. The van der Waals surface area contributed by atoms with Crippen LogP contribution in [0.25, 0.3) is 32.3 Å². The van der Waals surface area contributed by atoms with Crippen molar-refractivity contribution in [3.05, 3.63) is 54.1 Å². The van der Waals surface area contributed by atoms with E-state index in [4.69, 9.17) is 19.9 Å². The minimum absolute atomic E-state index is 0.293. The molecule has 1 fully saturated rings. The van der Waals surface area contributed by atoms with Crippen molar-refractivity contribution in [2.24, 2.45) is 0 Å². The van der Waals surface area contributed by atoms with E-state index in [1.165, 1.54) is 0 Å². The number of piperidine rings is 1. The van der Waals surface area contributed by atoms with E-state index < -0.39 is 0 Å². The summed E-state index contributed by atoms with van der Waals surface area (Å²) < 4.78 is 15.4. The molecule has 5 heterocycles. The highest BCUT2D eigenvalue weighted by atomic mass is 32.1. The minimum atomic E-state index is -0.298. The average Bonchev–Trinajstić information content (AvgIpc) is 3.59. The molecule has 0 radical (unpaired) electrons. The van der Waals surface area contributed by atoms with E-state index >= 15 is 0 Å². The third-order valence-electron chi connectivity index (χ3n) is 6.15. The molecule has 1 unspecified atom stereocenters. The van der Waals surface area contributed by atoms with Gasteiger partial charge in [-0.2, -0.15) is 5.10 Å². The Morgan fingerprint density at radius 2 is 2.09 bits per heavy atom. The molecule has 4 aromatic heterocycles. The number of thiazole rings is 1. The van der Waals surface area contributed by atoms with Gasteiger partial charge in [-0.3, -0.25) is 4.68 Å². The number of hydrogen-bond acceptors (Lipinski definition) is 8. The second kappa shape index (κ2) is 8.17. The van der Waals surface area contributed by atoms with Crippen molar-refractivity contribution in [3.63, 3.8) is 0 Å². The lowest BCUT2D eigenvalue weighted by Gasteiger charge is -2.22. The van der Waals surface area contributed by atoms with Crippen LogP contribution in [0.3, 0.4) is 0 Å². The smallest absolute Gasteiger partial charge is 0.205 e. The Labute approximate surface area is 194 Å². The number of nitrogens with one attached hydrogen (secondary N) is 1. The SMILES string of the molecule is CC(Oc1c(N)ncc2c(-c3cnn(C4CCNCC4)c3)coc12)c1nc2ccccc2s1. The van der Waals surface area contributed by atoms with E-state index in [0.29, 0.717) is 23.2 Å². The topological polar surface area (TPSA) is 104 Å². The molecule has 6 rings (SSSR count). The molecule has 0 bridgehead atoms. The second-order valence-corrected chi connectivity index (χ2v) is 9.40. The van der Waals surface area contributed by atoms with Gasteiger partial charge in [-0.05, 0) is 45.0 Å². The molecule has 33 heavy (non-hydrogen) atoms. The predicted octanol–water partition coefficient (Wildman–Crippen LogP) is 4.95. The fraction of sp³-hybridized carbons (Fsp3) is 0.292. The Morgan fingerprint density at radius 1 is 1.24 bits per heavy atom. The van der Waals surface area contributed by atoms with Crippen LogP contribution in [-0.4, -0.2) is 32.8 Å². The molecule has 0 spiro atoms. The van der Waals surface area contributed by atoms with Gasteiger partial charge in [0.2, 0.25) is 5.75 Å². The van der Waals surface area contributed by atoms with Gasteiger partial charge in [0, 0.05) is 23.5 Å². The number of nitrogens with zero attached hydrogens (tertiary/aromatic N) is 4. The fourth-order valence-electron chi connectivity index (χ4n) is 4.36. The number of hydrogen-bond donors (Lipinski definition) is 2. The van der Waals surface area contributed by atoms with Crippen LogP contribution in [0.4, 0.5) is 5.82 Å². The normalized spacial score (nSPS) is 15.9. The molecule has 9 heteroatoms. The van der Waals surface area contributed by atoms with E-state index in [2.05, 4.69) is 32.3 Å². The van der Waals surface area contributed by atoms with Gasteiger partial charge in [0.15, 0.2) is 11.4 Å². The lowest BCUT2D eigenvalue weighted by Crippen LogP contribution is -2.29. The van der Waals surface area contributed by atoms with Crippen LogP contribution in [0.1, 0.15) is 36.9 Å². The van der Waals surface area contributed by atoms with Crippen LogP contribution in [-0.2, 0) is 0 Å². The van der Waals surface area contributed by atoms with Crippen LogP contribution < -0.4 is 15.8 Å². The summed E-state index contributed by atoms with van der Waals surface area (Å²) in [6.07, 6.45) is 9.28. The Kier molecular flexibility index (Phi) is 5.00. The number of pyridine rings is 1. The van der Waals surface area contributed by atoms with Gasteiger partial charge in [-0.1, -0.05) is 12.1 Å². The van der Waals surface area contributed by atoms with Crippen LogP contribution in [0.5, 0.6) is 5.75 Å². The van der Waals surface area contributed by atoms with Crippen molar-refractivity contribution >= 4 is 38.3 Å². The Morgan fingerprint density at radius 3 is 2.94 bits per heavy atom. The lowest BCUT2D eigenvalue weighted by atomic mass is 10.1. The van der Waals surface area contributed by atoms with Crippen molar-refractivity contribution < 1.29 is 9.15 Å². The van der Waals surface area contributed by atoms with Crippen LogP contribution in [0.15, 0.2) is 53.5 Å². The van der Waals surface area contributed by atoms with Gasteiger partial charge < -0.3 is 20.2 Å². The molecule has 8 nitrogen and oxygen atoms in total. The maximum Gasteiger partial charge on any atom is 0.205 e. The standard InChI is InChI=1S/C24H24N6O2S/c1-14(24-29-19-4-2-3-5-20(19)33-24)32-22-21-17(11-27-23(22)25)18(13-31-21)15-10-28-30(12-15)16-6-8-26-9-7-16/h2-5,10-14,16,26H,6-9H2,1H3,(H2,25,27).